The largest absolute Gasteiger partial charge is 0.338 e. The highest BCUT2D eigenvalue weighted by atomic mass is 35.5. The molecule has 30 heavy (non-hydrogen) atoms. The number of halogens is 4. The van der Waals surface area contributed by atoms with Crippen molar-refractivity contribution >= 4 is 33.5 Å². The summed E-state index contributed by atoms with van der Waals surface area (Å²) in [6, 6.07) is 11.6. The fraction of sp³-hybridized carbons (Fsp3) is 0.227. The normalized spacial score (nSPS) is 15.9. The van der Waals surface area contributed by atoms with E-state index in [9.17, 15) is 22.8 Å². The molecule has 0 saturated carbocycles. The number of amides is 1. The summed E-state index contributed by atoms with van der Waals surface area (Å²) in [6.07, 6.45) is 0.687. The lowest BCUT2D eigenvalue weighted by molar-refractivity contribution is -0.0494. The van der Waals surface area contributed by atoms with Crippen LogP contribution in [-0.2, 0) is 0 Å². The number of carbonyl (C=O) groups excluding carboxylic acids is 2. The number of aromatic nitrogens is 1. The van der Waals surface area contributed by atoms with Gasteiger partial charge in [-0.3, -0.25) is 9.59 Å². The van der Waals surface area contributed by atoms with Crippen molar-refractivity contribution in [2.45, 2.75) is 18.8 Å². The van der Waals surface area contributed by atoms with Crippen LogP contribution in [0.4, 0.5) is 13.2 Å². The van der Waals surface area contributed by atoms with Crippen molar-refractivity contribution in [1.29, 1.82) is 0 Å². The Kier molecular flexibility index (Phi) is 5.24. The van der Waals surface area contributed by atoms with Crippen LogP contribution in [0.15, 0.2) is 48.7 Å². The number of fused-ring (bicyclic) bond motifs is 1. The predicted molar refractivity (Wildman–Crippen MR) is 107 cm³/mol. The summed E-state index contributed by atoms with van der Waals surface area (Å²) >= 11 is 5.31. The Bertz CT molecular complexity index is 1160. The molecule has 1 aliphatic rings. The van der Waals surface area contributed by atoms with Gasteiger partial charge in [-0.05, 0) is 46.1 Å². The summed E-state index contributed by atoms with van der Waals surface area (Å²) in [6.45, 7) is 0.0288. The minimum atomic E-state index is -2.72. The van der Waals surface area contributed by atoms with E-state index in [1.165, 1.54) is 17.2 Å². The number of alkyl halides is 2. The van der Waals surface area contributed by atoms with Crippen LogP contribution in [-0.4, -0.2) is 40.0 Å². The fourth-order valence-corrected chi connectivity index (χ4v) is 3.76. The third-order valence-electron chi connectivity index (χ3n) is 5.25. The molecule has 0 aliphatic carbocycles. The number of piperidine rings is 1. The zero-order chi connectivity index (χ0) is 21.5. The Balaban J connectivity index is 1.67. The van der Waals surface area contributed by atoms with Crippen molar-refractivity contribution in [2.75, 3.05) is 13.1 Å². The lowest BCUT2D eigenvalue weighted by Crippen LogP contribution is -2.42. The van der Waals surface area contributed by atoms with E-state index in [2.05, 4.69) is 4.98 Å². The van der Waals surface area contributed by atoms with Crippen LogP contribution in [0, 0.1) is 5.82 Å². The fourth-order valence-electron chi connectivity index (χ4n) is 3.62. The van der Waals surface area contributed by atoms with Gasteiger partial charge in [0, 0.05) is 43.3 Å². The maximum Gasteiger partial charge on any atom is 0.273 e. The van der Waals surface area contributed by atoms with Gasteiger partial charge in [0.15, 0.2) is 11.5 Å². The molecule has 4 nitrogen and oxygen atoms in total. The van der Waals surface area contributed by atoms with E-state index in [1.807, 2.05) is 0 Å². The topological polar surface area (TPSA) is 50.3 Å². The number of pyridine rings is 1. The van der Waals surface area contributed by atoms with Crippen LogP contribution in [0.25, 0.3) is 21.9 Å². The van der Waals surface area contributed by atoms with E-state index >= 15 is 0 Å². The molecule has 1 aliphatic heterocycles. The number of benzene rings is 2. The number of hydrogen-bond donors (Lipinski definition) is 0. The number of likely N-dealkylation sites (tertiary alicyclic amines) is 1. The number of rotatable bonds is 3. The second-order valence-corrected chi connectivity index (χ2v) is 7.56. The average molecular weight is 433 g/mol. The highest BCUT2D eigenvalue weighted by molar-refractivity contribution is 6.67. The van der Waals surface area contributed by atoms with Gasteiger partial charge in [-0.15, -0.1) is 0 Å². The number of nitrogens with zero attached hydrogens (tertiary/aromatic N) is 2. The Morgan fingerprint density at radius 3 is 2.47 bits per heavy atom. The Labute approximate surface area is 175 Å². The molecule has 0 atom stereocenters. The molecule has 8 heteroatoms. The molecule has 1 fully saturated rings. The minimum absolute atomic E-state index is 0.0144. The highest BCUT2D eigenvalue weighted by Crippen LogP contribution is 2.31. The predicted octanol–water partition coefficient (Wildman–Crippen LogP) is 5.29. The zero-order valence-electron chi connectivity index (χ0n) is 15.7. The molecule has 3 aromatic rings. The monoisotopic (exact) mass is 432 g/mol. The van der Waals surface area contributed by atoms with Crippen LogP contribution in [0.5, 0.6) is 0 Å². The van der Waals surface area contributed by atoms with Gasteiger partial charge in [0.1, 0.15) is 0 Å². The minimum Gasteiger partial charge on any atom is -0.338 e. The summed E-state index contributed by atoms with van der Waals surface area (Å²) in [5, 5.41) is 0.513. The third kappa shape index (κ3) is 3.89. The van der Waals surface area contributed by atoms with Crippen LogP contribution >= 0.6 is 11.6 Å². The number of hydrogen-bond acceptors (Lipinski definition) is 3. The second kappa shape index (κ2) is 7.72. The van der Waals surface area contributed by atoms with Gasteiger partial charge < -0.3 is 4.90 Å². The van der Waals surface area contributed by atoms with E-state index in [1.54, 1.807) is 36.4 Å². The molecule has 0 unspecified atom stereocenters. The zero-order valence-corrected chi connectivity index (χ0v) is 16.4. The van der Waals surface area contributed by atoms with Gasteiger partial charge in [-0.25, -0.2) is 18.2 Å². The molecule has 0 radical (unpaired) electrons. The summed E-state index contributed by atoms with van der Waals surface area (Å²) in [5.41, 5.74) is 1.08. The van der Waals surface area contributed by atoms with Gasteiger partial charge >= 0.3 is 0 Å². The summed E-state index contributed by atoms with van der Waals surface area (Å²) in [4.78, 5) is 29.1. The molecule has 2 aromatic carbocycles. The SMILES string of the molecule is O=C(Cl)c1ncc(-c2cccc3cc(C(=O)N4CCC(F)(F)CC4)ccc23)cc1F. The molecule has 0 bridgehead atoms. The van der Waals surface area contributed by atoms with Gasteiger partial charge in [-0.2, -0.15) is 0 Å². The smallest absolute Gasteiger partial charge is 0.273 e. The van der Waals surface area contributed by atoms with Crippen LogP contribution in [0.3, 0.4) is 0 Å². The first-order valence-electron chi connectivity index (χ1n) is 9.31. The summed E-state index contributed by atoms with van der Waals surface area (Å²) in [5.74, 6) is -3.84. The van der Waals surface area contributed by atoms with E-state index < -0.39 is 22.7 Å². The van der Waals surface area contributed by atoms with Gasteiger partial charge in [0.05, 0.1) is 0 Å². The van der Waals surface area contributed by atoms with Crippen LogP contribution < -0.4 is 0 Å². The molecule has 4 rings (SSSR count). The standard InChI is InChI=1S/C22H16ClF3N2O2/c23-20(29)19-18(24)11-15(12-27-19)16-3-1-2-13-10-14(4-5-17(13)16)21(30)28-8-6-22(25,26)7-9-28/h1-5,10-12H,6-9H2. The molecule has 1 aromatic heterocycles. The van der Waals surface area contributed by atoms with Crippen molar-refractivity contribution in [1.82, 2.24) is 9.88 Å². The molecule has 1 amide bonds. The van der Waals surface area contributed by atoms with E-state index in [0.717, 1.165) is 10.8 Å². The highest BCUT2D eigenvalue weighted by Gasteiger charge is 2.35. The molecular weight excluding hydrogens is 417 g/mol. The Morgan fingerprint density at radius 1 is 1.07 bits per heavy atom. The Morgan fingerprint density at radius 2 is 1.80 bits per heavy atom. The lowest BCUT2D eigenvalue weighted by atomic mass is 9.97. The first-order chi connectivity index (χ1) is 14.2. The first kappa shape index (κ1) is 20.3. The third-order valence-corrected chi connectivity index (χ3v) is 5.43. The molecule has 0 spiro atoms. The van der Waals surface area contributed by atoms with Crippen LogP contribution in [0.2, 0.25) is 0 Å². The van der Waals surface area contributed by atoms with Crippen LogP contribution in [0.1, 0.15) is 33.7 Å². The van der Waals surface area contributed by atoms with Gasteiger partial charge in [-0.1, -0.05) is 24.3 Å². The van der Waals surface area contributed by atoms with Crippen molar-refractivity contribution < 1.29 is 22.8 Å². The van der Waals surface area contributed by atoms with E-state index in [4.69, 9.17) is 11.6 Å². The maximum atomic E-state index is 14.1. The molecule has 1 saturated heterocycles. The quantitative estimate of drug-likeness (QED) is 0.528. The Hall–Kier alpha value is -2.93. The lowest BCUT2D eigenvalue weighted by Gasteiger charge is -2.31. The molecule has 2 heterocycles. The van der Waals surface area contributed by atoms with Crippen molar-refractivity contribution in [3.05, 3.63) is 65.7 Å². The number of carbonyl (C=O) groups is 2. The van der Waals surface area contributed by atoms with Gasteiger partial charge in [0.25, 0.3) is 17.1 Å². The van der Waals surface area contributed by atoms with Crippen molar-refractivity contribution in [3.8, 4) is 11.1 Å². The first-order valence-corrected chi connectivity index (χ1v) is 9.69. The molecule has 154 valence electrons. The summed E-state index contributed by atoms with van der Waals surface area (Å²) in [7, 11) is 0. The average Bonchev–Trinajstić information content (AvgIpc) is 2.72. The van der Waals surface area contributed by atoms with E-state index in [0.29, 0.717) is 16.7 Å². The van der Waals surface area contributed by atoms with Gasteiger partial charge in [0.2, 0.25) is 0 Å². The molecular formula is C22H16ClF3N2O2. The van der Waals surface area contributed by atoms with E-state index in [-0.39, 0.29) is 31.8 Å². The van der Waals surface area contributed by atoms with Crippen molar-refractivity contribution in [3.63, 3.8) is 0 Å². The van der Waals surface area contributed by atoms with Crippen molar-refractivity contribution in [2.24, 2.45) is 0 Å². The second-order valence-electron chi connectivity index (χ2n) is 7.22. The maximum absolute atomic E-state index is 14.1. The summed E-state index contributed by atoms with van der Waals surface area (Å²) < 4.78 is 40.9. The molecule has 0 N–H and O–H groups in total.